The lowest BCUT2D eigenvalue weighted by Gasteiger charge is -2.34. The van der Waals surface area contributed by atoms with E-state index in [1.807, 2.05) is 0 Å². The van der Waals surface area contributed by atoms with E-state index in [4.69, 9.17) is 3.48 Å². The van der Waals surface area contributed by atoms with Crippen LogP contribution in [0.1, 0.15) is 40.0 Å². The monoisotopic (exact) mass is 230 g/mol. The summed E-state index contributed by atoms with van der Waals surface area (Å²) >= 11 is -0.829. The van der Waals surface area contributed by atoms with E-state index in [-0.39, 0.29) is 0 Å². The minimum absolute atomic E-state index is 0.829. The quantitative estimate of drug-likeness (QED) is 0.560. The van der Waals surface area contributed by atoms with Gasteiger partial charge >= 0.3 is 14.5 Å². The molecule has 0 amide bonds. The third kappa shape index (κ3) is 5.56. The second-order valence-electron chi connectivity index (χ2n) is 4.60. The van der Waals surface area contributed by atoms with Gasteiger partial charge < -0.3 is 3.48 Å². The smallest absolute Gasteiger partial charge is 0.443 e. The molecule has 0 radical (unpaired) electrons. The Bertz CT molecular complexity index is 122. The molecule has 0 atom stereocenters. The molecule has 0 saturated carbocycles. The van der Waals surface area contributed by atoms with Crippen LogP contribution in [0.5, 0.6) is 0 Å². The van der Waals surface area contributed by atoms with Gasteiger partial charge in [0, 0.05) is 0 Å². The SMILES string of the molecule is CCC[Si](CCC)(CCC)[O][Al]([CH3])[CH3]. The van der Waals surface area contributed by atoms with Crippen molar-refractivity contribution in [3.05, 3.63) is 0 Å². The lowest BCUT2D eigenvalue weighted by atomic mass is 10.6. The molecule has 0 fully saturated rings. The Morgan fingerprint density at radius 2 is 1.21 bits per heavy atom. The van der Waals surface area contributed by atoms with E-state index >= 15 is 0 Å². The van der Waals surface area contributed by atoms with Crippen molar-refractivity contribution in [2.45, 2.75) is 69.7 Å². The van der Waals surface area contributed by atoms with E-state index in [9.17, 15) is 0 Å². The molecule has 0 spiro atoms. The van der Waals surface area contributed by atoms with Crippen LogP contribution in [0.2, 0.25) is 29.7 Å². The molecule has 0 heterocycles. The standard InChI is InChI=1S/C9H21OSi.2CH3.Al/c1-4-7-11(10,8-5-2)9-6-3;;;/h4-9H2,1-3H3;2*1H3;/q-1;;;+1. The third-order valence-electron chi connectivity index (χ3n) is 2.60. The average molecular weight is 230 g/mol. The van der Waals surface area contributed by atoms with Crippen LogP contribution in [0.4, 0.5) is 0 Å². The predicted molar refractivity (Wildman–Crippen MR) is 69.6 cm³/mol. The van der Waals surface area contributed by atoms with Crippen LogP contribution in [0.3, 0.4) is 0 Å². The van der Waals surface area contributed by atoms with E-state index in [1.54, 1.807) is 0 Å². The third-order valence-corrected chi connectivity index (χ3v) is 10.7. The molecule has 14 heavy (non-hydrogen) atoms. The molecule has 0 aromatic carbocycles. The fraction of sp³-hybridized carbons (Fsp3) is 1.00. The van der Waals surface area contributed by atoms with Gasteiger partial charge in [-0.15, -0.1) is 0 Å². The van der Waals surface area contributed by atoms with Gasteiger partial charge in [-0.1, -0.05) is 51.6 Å². The summed E-state index contributed by atoms with van der Waals surface area (Å²) in [4.78, 5) is 0. The maximum absolute atomic E-state index is 6.44. The zero-order chi connectivity index (χ0) is 11.0. The summed E-state index contributed by atoms with van der Waals surface area (Å²) in [7, 11) is -1.30. The summed E-state index contributed by atoms with van der Waals surface area (Å²) in [6.45, 7) is 6.91. The fourth-order valence-electron chi connectivity index (χ4n) is 2.42. The lowest BCUT2D eigenvalue weighted by molar-refractivity contribution is 0.538. The number of hydrogen-bond acceptors (Lipinski definition) is 1. The zero-order valence-corrected chi connectivity index (χ0v) is 12.9. The largest absolute Gasteiger partial charge is 0.545 e. The van der Waals surface area contributed by atoms with E-state index in [1.165, 1.54) is 37.4 Å². The number of hydrogen-bond donors (Lipinski definition) is 0. The first-order valence-corrected chi connectivity index (χ1v) is 11.6. The first-order valence-electron chi connectivity index (χ1n) is 6.28. The topological polar surface area (TPSA) is 9.23 Å². The molecule has 0 unspecified atom stereocenters. The molecule has 1 nitrogen and oxygen atoms in total. The Morgan fingerprint density at radius 1 is 0.857 bits per heavy atom. The molecule has 0 aliphatic carbocycles. The van der Waals surface area contributed by atoms with Crippen LogP contribution in [-0.2, 0) is 3.48 Å². The molecule has 0 aromatic heterocycles. The first-order chi connectivity index (χ1) is 6.60. The normalized spacial score (nSPS) is 11.8. The molecule has 0 aromatic rings. The summed E-state index contributed by atoms with van der Waals surface area (Å²) in [5.74, 6) is 4.64. The Kier molecular flexibility index (Phi) is 8.33. The molecule has 0 bridgehead atoms. The van der Waals surface area contributed by atoms with Crippen LogP contribution >= 0.6 is 0 Å². The van der Waals surface area contributed by atoms with Gasteiger partial charge in [0.2, 0.25) is 0 Å². The lowest BCUT2D eigenvalue weighted by Crippen LogP contribution is -2.41. The average Bonchev–Trinajstić information content (AvgIpc) is 2.03. The highest BCUT2D eigenvalue weighted by atomic mass is 28.4. The van der Waals surface area contributed by atoms with Gasteiger partial charge in [-0.05, 0) is 18.1 Å². The Morgan fingerprint density at radius 3 is 1.43 bits per heavy atom. The highest BCUT2D eigenvalue weighted by Crippen LogP contribution is 2.27. The highest BCUT2D eigenvalue weighted by Gasteiger charge is 2.32. The van der Waals surface area contributed by atoms with E-state index in [0.717, 1.165) is 0 Å². The van der Waals surface area contributed by atoms with E-state index < -0.39 is 22.8 Å². The summed E-state index contributed by atoms with van der Waals surface area (Å²) < 4.78 is 6.44. The predicted octanol–water partition coefficient (Wildman–Crippen LogP) is 4.43. The molecule has 84 valence electrons. The van der Waals surface area contributed by atoms with Crippen molar-refractivity contribution in [2.24, 2.45) is 0 Å². The summed E-state index contributed by atoms with van der Waals surface area (Å²) in [5, 5.41) is 0. The van der Waals surface area contributed by atoms with E-state index in [2.05, 4.69) is 32.3 Å². The maximum atomic E-state index is 6.44. The summed E-state index contributed by atoms with van der Waals surface area (Å²) in [6.07, 6.45) is 3.94. The van der Waals surface area contributed by atoms with Crippen molar-refractivity contribution in [2.75, 3.05) is 0 Å². The van der Waals surface area contributed by atoms with Crippen molar-refractivity contribution < 1.29 is 3.48 Å². The number of rotatable bonds is 8. The molecule has 0 rings (SSSR count). The Hall–Kier alpha value is 0.709. The van der Waals surface area contributed by atoms with Crippen molar-refractivity contribution in [3.63, 3.8) is 0 Å². The van der Waals surface area contributed by atoms with Crippen LogP contribution in [0, 0.1) is 0 Å². The van der Waals surface area contributed by atoms with Crippen LogP contribution in [0.25, 0.3) is 0 Å². The van der Waals surface area contributed by atoms with Crippen molar-refractivity contribution >= 4 is 22.8 Å². The van der Waals surface area contributed by atoms with Gasteiger partial charge in [0.05, 0.1) is 0 Å². The van der Waals surface area contributed by atoms with Crippen LogP contribution < -0.4 is 0 Å². The van der Waals surface area contributed by atoms with Crippen molar-refractivity contribution in [1.82, 2.24) is 0 Å². The van der Waals surface area contributed by atoms with Crippen LogP contribution in [0.15, 0.2) is 0 Å². The van der Waals surface area contributed by atoms with Gasteiger partial charge in [-0.25, -0.2) is 0 Å². The van der Waals surface area contributed by atoms with Gasteiger partial charge in [0.1, 0.15) is 0 Å². The fourth-order valence-corrected chi connectivity index (χ4v) is 11.3. The van der Waals surface area contributed by atoms with Gasteiger partial charge in [0.25, 0.3) is 0 Å². The second-order valence-corrected chi connectivity index (χ2v) is 11.5. The molecule has 3 heteroatoms. The Balaban J connectivity index is 4.37. The van der Waals surface area contributed by atoms with Crippen molar-refractivity contribution in [3.8, 4) is 0 Å². The summed E-state index contributed by atoms with van der Waals surface area (Å²) in [5.41, 5.74) is 0. The maximum Gasteiger partial charge on any atom is 0.443 e. The molecule has 0 saturated heterocycles. The molecular weight excluding hydrogens is 203 g/mol. The first kappa shape index (κ1) is 14.7. The molecule has 0 aliphatic heterocycles. The van der Waals surface area contributed by atoms with Gasteiger partial charge in [0.15, 0.2) is 8.32 Å². The highest BCUT2D eigenvalue weighted by molar-refractivity contribution is 6.79. The molecule has 0 aliphatic rings. The van der Waals surface area contributed by atoms with Crippen molar-refractivity contribution in [1.29, 1.82) is 0 Å². The second kappa shape index (κ2) is 7.93. The van der Waals surface area contributed by atoms with Gasteiger partial charge in [-0.3, -0.25) is 0 Å². The molecular formula is C11H27AlOSi. The van der Waals surface area contributed by atoms with E-state index in [0.29, 0.717) is 0 Å². The zero-order valence-electron chi connectivity index (χ0n) is 10.7. The summed E-state index contributed by atoms with van der Waals surface area (Å²) in [6, 6.07) is 4.17. The molecule has 0 N–H and O–H groups in total. The minimum Gasteiger partial charge on any atom is -0.545 e. The minimum atomic E-state index is -1.30. The van der Waals surface area contributed by atoms with Gasteiger partial charge in [-0.2, -0.15) is 0 Å². The van der Waals surface area contributed by atoms with Crippen LogP contribution in [-0.4, -0.2) is 22.8 Å². The Labute approximate surface area is 96.1 Å².